The smallest absolute Gasteiger partial charge is 0.266 e. The van der Waals surface area contributed by atoms with Crippen molar-refractivity contribution in [3.8, 4) is 16.9 Å². The van der Waals surface area contributed by atoms with E-state index in [1.807, 2.05) is 47.3 Å². The van der Waals surface area contributed by atoms with E-state index in [-0.39, 0.29) is 5.91 Å². The van der Waals surface area contributed by atoms with Gasteiger partial charge >= 0.3 is 0 Å². The van der Waals surface area contributed by atoms with Crippen LogP contribution in [0, 0.1) is 6.92 Å². The molecular weight excluding hydrogens is 462 g/mol. The molecule has 3 aromatic rings. The summed E-state index contributed by atoms with van der Waals surface area (Å²) >= 11 is 6.85. The molecule has 0 saturated carbocycles. The van der Waals surface area contributed by atoms with Gasteiger partial charge in [-0.3, -0.25) is 9.69 Å². The number of ether oxygens (including phenoxy) is 1. The molecule has 34 heavy (non-hydrogen) atoms. The number of nitrogens with zero attached hydrogens (tertiary/aromatic N) is 3. The lowest BCUT2D eigenvalue weighted by Crippen LogP contribution is -2.29. The van der Waals surface area contributed by atoms with Crippen molar-refractivity contribution in [3.63, 3.8) is 0 Å². The van der Waals surface area contributed by atoms with E-state index in [0.29, 0.717) is 28.3 Å². The number of hydrogen-bond donors (Lipinski definition) is 0. The highest BCUT2D eigenvalue weighted by Gasteiger charge is 2.32. The molecule has 2 heterocycles. The standard InChI is InChI=1S/C27H29N3O2S2/c1-18(2)20-12-11-19(3)23(15-20)25-21(17-30(28-25)22-9-6-5-7-10-22)16-24-26(31)29(27(33)34-24)13-8-14-32-4/h5-7,9-12,15-18H,8,13-14H2,1-4H3. The molecule has 0 bridgehead atoms. The minimum absolute atomic E-state index is 0.0582. The maximum atomic E-state index is 13.1. The molecule has 0 radical (unpaired) electrons. The third-order valence-electron chi connectivity index (χ3n) is 5.84. The maximum absolute atomic E-state index is 13.1. The number of methoxy groups -OCH3 is 1. The van der Waals surface area contributed by atoms with Gasteiger partial charge in [-0.2, -0.15) is 5.10 Å². The van der Waals surface area contributed by atoms with E-state index in [0.717, 1.165) is 34.5 Å². The van der Waals surface area contributed by atoms with Gasteiger partial charge in [-0.25, -0.2) is 4.68 Å². The predicted octanol–water partition coefficient (Wildman–Crippen LogP) is 6.21. The zero-order valence-electron chi connectivity index (χ0n) is 19.9. The summed E-state index contributed by atoms with van der Waals surface area (Å²) in [5, 5.41) is 4.97. The van der Waals surface area contributed by atoms with Crippen LogP contribution in [0.4, 0.5) is 0 Å². The summed E-state index contributed by atoms with van der Waals surface area (Å²) in [5.74, 6) is 0.347. The van der Waals surface area contributed by atoms with Crippen molar-refractivity contribution in [3.05, 3.63) is 76.3 Å². The van der Waals surface area contributed by atoms with Gasteiger partial charge in [0.1, 0.15) is 10.0 Å². The lowest BCUT2D eigenvalue weighted by molar-refractivity contribution is -0.122. The Morgan fingerprint density at radius 2 is 1.94 bits per heavy atom. The quantitative estimate of drug-likeness (QED) is 0.213. The lowest BCUT2D eigenvalue weighted by Gasteiger charge is -2.13. The highest BCUT2D eigenvalue weighted by molar-refractivity contribution is 8.26. The van der Waals surface area contributed by atoms with Crippen molar-refractivity contribution in [2.75, 3.05) is 20.3 Å². The summed E-state index contributed by atoms with van der Waals surface area (Å²) in [6.07, 6.45) is 4.66. The second-order valence-electron chi connectivity index (χ2n) is 8.62. The van der Waals surface area contributed by atoms with Crippen molar-refractivity contribution in [2.24, 2.45) is 0 Å². The van der Waals surface area contributed by atoms with Crippen molar-refractivity contribution < 1.29 is 9.53 Å². The molecule has 1 amide bonds. The number of carbonyl (C=O) groups is 1. The largest absolute Gasteiger partial charge is 0.385 e. The monoisotopic (exact) mass is 491 g/mol. The zero-order valence-corrected chi connectivity index (χ0v) is 21.6. The molecule has 0 aliphatic carbocycles. The van der Waals surface area contributed by atoms with Crippen LogP contribution in [0.15, 0.2) is 59.6 Å². The van der Waals surface area contributed by atoms with Crippen LogP contribution in [0.1, 0.15) is 42.9 Å². The summed E-state index contributed by atoms with van der Waals surface area (Å²) in [5.41, 5.74) is 6.18. The van der Waals surface area contributed by atoms with Crippen molar-refractivity contribution in [1.82, 2.24) is 14.7 Å². The number of thioether (sulfide) groups is 1. The topological polar surface area (TPSA) is 47.4 Å². The van der Waals surface area contributed by atoms with Crippen LogP contribution in [0.5, 0.6) is 0 Å². The molecule has 0 atom stereocenters. The summed E-state index contributed by atoms with van der Waals surface area (Å²) in [4.78, 5) is 15.4. The highest BCUT2D eigenvalue weighted by Crippen LogP contribution is 2.36. The minimum atomic E-state index is -0.0582. The first kappa shape index (κ1) is 24.4. The summed E-state index contributed by atoms with van der Waals surface area (Å²) in [6.45, 7) is 7.62. The van der Waals surface area contributed by atoms with Gasteiger partial charge in [0.2, 0.25) is 0 Å². The van der Waals surface area contributed by atoms with Crippen LogP contribution in [0.2, 0.25) is 0 Å². The summed E-state index contributed by atoms with van der Waals surface area (Å²) in [7, 11) is 1.66. The molecule has 2 aromatic carbocycles. The van der Waals surface area contributed by atoms with Gasteiger partial charge in [0.05, 0.1) is 10.6 Å². The molecule has 5 nitrogen and oxygen atoms in total. The van der Waals surface area contributed by atoms with E-state index in [1.165, 1.54) is 17.3 Å². The fraction of sp³-hybridized carbons (Fsp3) is 0.296. The van der Waals surface area contributed by atoms with Crippen molar-refractivity contribution in [1.29, 1.82) is 0 Å². The van der Waals surface area contributed by atoms with Gasteiger partial charge in [-0.15, -0.1) is 0 Å². The van der Waals surface area contributed by atoms with Crippen LogP contribution in [0.25, 0.3) is 23.0 Å². The molecule has 1 saturated heterocycles. The molecular formula is C27H29N3O2S2. The first-order valence-corrected chi connectivity index (χ1v) is 12.6. The SMILES string of the molecule is COCCCN1C(=O)C(=Cc2cn(-c3ccccc3)nc2-c2cc(C(C)C)ccc2C)SC1=S. The number of rotatable bonds is 8. The Kier molecular flexibility index (Phi) is 7.66. The molecule has 4 rings (SSSR count). The molecule has 7 heteroatoms. The van der Waals surface area contributed by atoms with Crippen molar-refractivity contribution >= 4 is 40.3 Å². The number of hydrogen-bond acceptors (Lipinski definition) is 5. The van der Waals surface area contributed by atoms with Gasteiger partial charge in [0, 0.05) is 37.6 Å². The van der Waals surface area contributed by atoms with Gasteiger partial charge in [0.15, 0.2) is 0 Å². The first-order valence-electron chi connectivity index (χ1n) is 11.4. The molecule has 0 N–H and O–H groups in total. The number of aryl methyl sites for hydroxylation is 1. The van der Waals surface area contributed by atoms with Gasteiger partial charge in [-0.05, 0) is 54.7 Å². The first-order chi connectivity index (χ1) is 16.4. The molecule has 1 fully saturated rings. The van der Waals surface area contributed by atoms with Crippen LogP contribution in [0.3, 0.4) is 0 Å². The maximum Gasteiger partial charge on any atom is 0.266 e. The van der Waals surface area contributed by atoms with E-state index in [9.17, 15) is 4.79 Å². The average Bonchev–Trinajstić information content (AvgIpc) is 3.36. The van der Waals surface area contributed by atoms with Crippen LogP contribution in [-0.2, 0) is 9.53 Å². The molecule has 0 unspecified atom stereocenters. The Bertz CT molecular complexity index is 1230. The Hall–Kier alpha value is -2.74. The Morgan fingerprint density at radius 3 is 2.65 bits per heavy atom. The Labute approximate surface area is 210 Å². The molecule has 176 valence electrons. The third-order valence-corrected chi connectivity index (χ3v) is 7.21. The van der Waals surface area contributed by atoms with Gasteiger partial charge in [-0.1, -0.05) is 68.2 Å². The molecule has 1 aliphatic rings. The Balaban J connectivity index is 1.78. The summed E-state index contributed by atoms with van der Waals surface area (Å²) < 4.78 is 7.59. The zero-order chi connectivity index (χ0) is 24.2. The number of thiocarbonyl (C=S) groups is 1. The van der Waals surface area contributed by atoms with Gasteiger partial charge in [0.25, 0.3) is 5.91 Å². The molecule has 1 aromatic heterocycles. The van der Waals surface area contributed by atoms with E-state index in [1.54, 1.807) is 12.0 Å². The third kappa shape index (κ3) is 5.17. The number of amides is 1. The number of aromatic nitrogens is 2. The second-order valence-corrected chi connectivity index (χ2v) is 10.3. The fourth-order valence-corrected chi connectivity index (χ4v) is 5.17. The lowest BCUT2D eigenvalue weighted by atomic mass is 9.95. The summed E-state index contributed by atoms with van der Waals surface area (Å²) in [6, 6.07) is 16.5. The van der Waals surface area contributed by atoms with E-state index < -0.39 is 0 Å². The number of para-hydroxylation sites is 1. The highest BCUT2D eigenvalue weighted by atomic mass is 32.2. The Morgan fingerprint density at radius 1 is 1.18 bits per heavy atom. The van der Waals surface area contributed by atoms with Crippen LogP contribution in [-0.4, -0.2) is 45.2 Å². The fourth-order valence-electron chi connectivity index (χ4n) is 3.87. The van der Waals surface area contributed by atoms with Gasteiger partial charge < -0.3 is 4.74 Å². The minimum Gasteiger partial charge on any atom is -0.385 e. The van der Waals surface area contributed by atoms with Crippen molar-refractivity contribution in [2.45, 2.75) is 33.1 Å². The normalized spacial score (nSPS) is 15.2. The molecule has 1 aliphatic heterocycles. The van der Waals surface area contributed by atoms with E-state index >= 15 is 0 Å². The van der Waals surface area contributed by atoms with E-state index in [4.69, 9.17) is 22.1 Å². The van der Waals surface area contributed by atoms with Crippen LogP contribution < -0.4 is 0 Å². The molecule has 0 spiro atoms. The predicted molar refractivity (Wildman–Crippen MR) is 144 cm³/mol. The van der Waals surface area contributed by atoms with E-state index in [2.05, 4.69) is 39.0 Å². The second kappa shape index (κ2) is 10.7. The van der Waals surface area contributed by atoms with Crippen LogP contribution >= 0.6 is 24.0 Å². The number of carbonyl (C=O) groups excluding carboxylic acids is 1. The number of benzene rings is 2. The average molecular weight is 492 g/mol.